The summed E-state index contributed by atoms with van der Waals surface area (Å²) in [5.41, 5.74) is 1.04. The lowest BCUT2D eigenvalue weighted by Gasteiger charge is -2.12. The van der Waals surface area contributed by atoms with Crippen molar-refractivity contribution in [3.8, 4) is 0 Å². The summed E-state index contributed by atoms with van der Waals surface area (Å²) in [6.07, 6.45) is 1.55. The molecular formula is C7H11N5. The average molecular weight is 165 g/mol. The van der Waals surface area contributed by atoms with E-state index >= 15 is 0 Å². The maximum atomic E-state index is 4.12. The molecule has 2 heterocycles. The van der Waals surface area contributed by atoms with Crippen LogP contribution in [-0.4, -0.2) is 30.7 Å². The van der Waals surface area contributed by atoms with Gasteiger partial charge in [-0.15, -0.1) is 0 Å². The monoisotopic (exact) mass is 165 g/mol. The van der Waals surface area contributed by atoms with Gasteiger partial charge in [-0.05, 0) is 0 Å². The molecule has 1 aliphatic heterocycles. The van der Waals surface area contributed by atoms with E-state index in [1.54, 1.807) is 6.33 Å². The molecule has 5 heteroatoms. The van der Waals surface area contributed by atoms with E-state index in [1.165, 1.54) is 0 Å². The number of nitrogens with zero attached hydrogens (tertiary/aromatic N) is 3. The van der Waals surface area contributed by atoms with Gasteiger partial charge in [-0.25, -0.2) is 9.97 Å². The highest BCUT2D eigenvalue weighted by Gasteiger charge is 2.19. The molecule has 0 aliphatic carbocycles. The Bertz CT molecular complexity index is 298. The van der Waals surface area contributed by atoms with Crippen LogP contribution >= 0.6 is 0 Å². The largest absolute Gasteiger partial charge is 0.371 e. The zero-order valence-corrected chi connectivity index (χ0v) is 7.13. The van der Waals surface area contributed by atoms with Gasteiger partial charge < -0.3 is 15.5 Å². The molecule has 0 aromatic carbocycles. The lowest BCUT2D eigenvalue weighted by atomic mass is 10.4. The number of fused-ring (bicyclic) bond motifs is 1. The lowest BCUT2D eigenvalue weighted by Crippen LogP contribution is -2.17. The quantitative estimate of drug-likeness (QED) is 0.628. The highest BCUT2D eigenvalue weighted by Crippen LogP contribution is 2.32. The summed E-state index contributed by atoms with van der Waals surface area (Å²) in [5.74, 6) is 1.77. The molecule has 0 saturated carbocycles. The number of hydrogen-bond acceptors (Lipinski definition) is 5. The van der Waals surface area contributed by atoms with Crippen molar-refractivity contribution < 1.29 is 0 Å². The zero-order valence-electron chi connectivity index (χ0n) is 7.13. The average Bonchev–Trinajstić information content (AvgIpc) is 2.48. The minimum atomic E-state index is 0.794. The van der Waals surface area contributed by atoms with Crippen LogP contribution in [0.3, 0.4) is 0 Å². The molecule has 0 unspecified atom stereocenters. The van der Waals surface area contributed by atoms with Crippen LogP contribution in [0.5, 0.6) is 0 Å². The van der Waals surface area contributed by atoms with Gasteiger partial charge >= 0.3 is 0 Å². The van der Waals surface area contributed by atoms with Crippen molar-refractivity contribution in [3.63, 3.8) is 0 Å². The topological polar surface area (TPSA) is 53.1 Å². The summed E-state index contributed by atoms with van der Waals surface area (Å²) in [6.45, 7) is 0.794. The van der Waals surface area contributed by atoms with Crippen molar-refractivity contribution in [1.82, 2.24) is 9.97 Å². The van der Waals surface area contributed by atoms with E-state index in [0.29, 0.717) is 0 Å². The Morgan fingerprint density at radius 2 is 2.42 bits per heavy atom. The maximum Gasteiger partial charge on any atom is 0.156 e. The lowest BCUT2D eigenvalue weighted by molar-refractivity contribution is 1.03. The van der Waals surface area contributed by atoms with Gasteiger partial charge in [0.15, 0.2) is 11.6 Å². The first-order valence-corrected chi connectivity index (χ1v) is 3.80. The molecule has 0 saturated heterocycles. The molecule has 1 aromatic heterocycles. The van der Waals surface area contributed by atoms with E-state index in [4.69, 9.17) is 0 Å². The van der Waals surface area contributed by atoms with E-state index in [0.717, 1.165) is 24.0 Å². The highest BCUT2D eigenvalue weighted by atomic mass is 15.3. The molecule has 2 rings (SSSR count). The van der Waals surface area contributed by atoms with Gasteiger partial charge in [0.1, 0.15) is 12.0 Å². The summed E-state index contributed by atoms with van der Waals surface area (Å²) in [7, 11) is 3.86. The predicted octanol–water partition coefficient (Wildman–Crippen LogP) is 0.337. The van der Waals surface area contributed by atoms with E-state index in [2.05, 4.69) is 25.5 Å². The van der Waals surface area contributed by atoms with Crippen molar-refractivity contribution in [2.75, 3.05) is 36.3 Å². The Morgan fingerprint density at radius 1 is 1.58 bits per heavy atom. The van der Waals surface area contributed by atoms with Gasteiger partial charge in [-0.3, -0.25) is 0 Å². The van der Waals surface area contributed by atoms with Crippen LogP contribution in [0.4, 0.5) is 17.3 Å². The van der Waals surface area contributed by atoms with Crippen LogP contribution in [-0.2, 0) is 0 Å². The third kappa shape index (κ3) is 0.861. The van der Waals surface area contributed by atoms with E-state index in [-0.39, 0.29) is 0 Å². The summed E-state index contributed by atoms with van der Waals surface area (Å²) >= 11 is 0. The molecule has 1 aliphatic rings. The number of hydrogen-bond donors (Lipinski definition) is 2. The molecule has 0 fully saturated rings. The van der Waals surface area contributed by atoms with Crippen molar-refractivity contribution >= 4 is 17.3 Å². The molecule has 0 radical (unpaired) electrons. The Kier molecular flexibility index (Phi) is 1.49. The molecule has 0 amide bonds. The predicted molar refractivity (Wildman–Crippen MR) is 48.5 cm³/mol. The molecular weight excluding hydrogens is 154 g/mol. The Hall–Kier alpha value is -1.52. The zero-order chi connectivity index (χ0) is 8.55. The van der Waals surface area contributed by atoms with Gasteiger partial charge in [0.05, 0.1) is 6.67 Å². The fourth-order valence-electron chi connectivity index (χ4n) is 1.33. The number of aromatic nitrogens is 2. The molecule has 0 bridgehead atoms. The summed E-state index contributed by atoms with van der Waals surface area (Å²) < 4.78 is 0. The second-order valence-corrected chi connectivity index (χ2v) is 2.70. The van der Waals surface area contributed by atoms with Crippen LogP contribution in [0.25, 0.3) is 0 Å². The molecule has 1 aromatic rings. The second-order valence-electron chi connectivity index (χ2n) is 2.70. The smallest absolute Gasteiger partial charge is 0.156 e. The Balaban J connectivity index is 2.53. The first kappa shape index (κ1) is 7.15. The van der Waals surface area contributed by atoms with Gasteiger partial charge in [-0.1, -0.05) is 0 Å². The van der Waals surface area contributed by atoms with Gasteiger partial charge in [0.2, 0.25) is 0 Å². The third-order valence-corrected chi connectivity index (χ3v) is 1.92. The number of nitrogens with one attached hydrogen (secondary N) is 2. The minimum Gasteiger partial charge on any atom is -0.371 e. The van der Waals surface area contributed by atoms with Crippen LogP contribution < -0.4 is 15.5 Å². The second kappa shape index (κ2) is 2.51. The molecule has 0 atom stereocenters. The summed E-state index contributed by atoms with van der Waals surface area (Å²) in [5, 5.41) is 6.18. The SMILES string of the molecule is CNc1ncnc2c1N(C)CN2. The summed E-state index contributed by atoms with van der Waals surface area (Å²) in [4.78, 5) is 10.3. The fraction of sp³-hybridized carbons (Fsp3) is 0.429. The first-order chi connectivity index (χ1) is 5.83. The van der Waals surface area contributed by atoms with Gasteiger partial charge in [0, 0.05) is 14.1 Å². The molecule has 12 heavy (non-hydrogen) atoms. The third-order valence-electron chi connectivity index (χ3n) is 1.92. The Labute approximate surface area is 70.8 Å². The van der Waals surface area contributed by atoms with Crippen LogP contribution in [0, 0.1) is 0 Å². The standard InChI is InChI=1S/C7H11N5/c1-8-6-5-7(10-3-9-6)11-4-12(5)2/h3H,4H2,1-2H3,(H2,8,9,10,11). The van der Waals surface area contributed by atoms with Crippen LogP contribution in [0.2, 0.25) is 0 Å². The van der Waals surface area contributed by atoms with E-state index < -0.39 is 0 Å². The van der Waals surface area contributed by atoms with Gasteiger partial charge in [0.25, 0.3) is 0 Å². The molecule has 5 nitrogen and oxygen atoms in total. The van der Waals surface area contributed by atoms with Crippen LogP contribution in [0.15, 0.2) is 6.33 Å². The number of rotatable bonds is 1. The van der Waals surface area contributed by atoms with Crippen LogP contribution in [0.1, 0.15) is 0 Å². The minimum absolute atomic E-state index is 0.794. The maximum absolute atomic E-state index is 4.12. The van der Waals surface area contributed by atoms with E-state index in [9.17, 15) is 0 Å². The van der Waals surface area contributed by atoms with Crippen molar-refractivity contribution in [3.05, 3.63) is 6.33 Å². The van der Waals surface area contributed by atoms with Crippen molar-refractivity contribution in [2.45, 2.75) is 0 Å². The van der Waals surface area contributed by atoms with E-state index in [1.807, 2.05) is 14.1 Å². The van der Waals surface area contributed by atoms with Crippen molar-refractivity contribution in [1.29, 1.82) is 0 Å². The van der Waals surface area contributed by atoms with Gasteiger partial charge in [-0.2, -0.15) is 0 Å². The fourth-order valence-corrected chi connectivity index (χ4v) is 1.33. The Morgan fingerprint density at radius 3 is 3.17 bits per heavy atom. The summed E-state index contributed by atoms with van der Waals surface area (Å²) in [6, 6.07) is 0. The number of anilines is 3. The van der Waals surface area contributed by atoms with Crippen molar-refractivity contribution in [2.24, 2.45) is 0 Å². The first-order valence-electron chi connectivity index (χ1n) is 3.80. The normalized spacial score (nSPS) is 14.0. The molecule has 2 N–H and O–H groups in total. The molecule has 64 valence electrons. The molecule has 0 spiro atoms. The highest BCUT2D eigenvalue weighted by molar-refractivity contribution is 5.80.